The Kier molecular flexibility index (Phi) is 3.44. The van der Waals surface area contributed by atoms with E-state index in [1.54, 1.807) is 24.8 Å². The van der Waals surface area contributed by atoms with Crippen LogP contribution in [-0.2, 0) is 0 Å². The molecule has 0 spiro atoms. The van der Waals surface area contributed by atoms with Crippen LogP contribution in [0.25, 0.3) is 21.0 Å². The average molecular weight is 341 g/mol. The van der Waals surface area contributed by atoms with Gasteiger partial charge in [0, 0.05) is 12.4 Å². The molecule has 4 rings (SSSR count). The van der Waals surface area contributed by atoms with Gasteiger partial charge in [-0.2, -0.15) is 0 Å². The van der Waals surface area contributed by atoms with Crippen molar-refractivity contribution in [3.63, 3.8) is 0 Å². The van der Waals surface area contributed by atoms with E-state index < -0.39 is 0 Å². The van der Waals surface area contributed by atoms with Gasteiger partial charge in [-0.3, -0.25) is 9.69 Å². The third-order valence-electron chi connectivity index (χ3n) is 3.33. The number of aromatic nitrogens is 2. The number of fused-ring (bicyclic) bond motifs is 1. The normalized spacial score (nSPS) is 11.0. The van der Waals surface area contributed by atoms with Crippen LogP contribution >= 0.6 is 22.7 Å². The number of para-hydroxylation sites is 1. The lowest BCUT2D eigenvalue weighted by Gasteiger charge is -2.11. The molecule has 1 aromatic carbocycles. The molecule has 3 aromatic heterocycles. The summed E-state index contributed by atoms with van der Waals surface area (Å²) in [5.41, 5.74) is 1.28. The number of hydrogen-bond acceptors (Lipinski definition) is 6. The van der Waals surface area contributed by atoms with Crippen molar-refractivity contribution in [3.05, 3.63) is 53.7 Å². The first-order valence-corrected chi connectivity index (χ1v) is 8.55. The second kappa shape index (κ2) is 5.60. The maximum absolute atomic E-state index is 12.6. The molecule has 0 fully saturated rings. The molecule has 23 heavy (non-hydrogen) atoms. The molecule has 0 aliphatic rings. The number of carbonyl (C=O) groups is 1. The lowest BCUT2D eigenvalue weighted by molar-refractivity contribution is 0.0989. The van der Waals surface area contributed by atoms with Crippen LogP contribution in [0.5, 0.6) is 0 Å². The fourth-order valence-corrected chi connectivity index (χ4v) is 3.83. The summed E-state index contributed by atoms with van der Waals surface area (Å²) in [5, 5.41) is 3.09. The second-order valence-electron chi connectivity index (χ2n) is 4.84. The number of nitrogens with zero attached hydrogens (tertiary/aromatic N) is 3. The summed E-state index contributed by atoms with van der Waals surface area (Å²) in [7, 11) is 1.71. The molecule has 0 aliphatic heterocycles. The van der Waals surface area contributed by atoms with Crippen LogP contribution in [0.4, 0.5) is 5.13 Å². The lowest BCUT2D eigenvalue weighted by atomic mass is 10.3. The zero-order valence-corrected chi connectivity index (χ0v) is 13.7. The molecular weight excluding hydrogens is 330 g/mol. The first-order valence-electron chi connectivity index (χ1n) is 6.85. The zero-order chi connectivity index (χ0) is 15.8. The molecule has 114 valence electrons. The van der Waals surface area contributed by atoms with Crippen LogP contribution in [0.3, 0.4) is 0 Å². The van der Waals surface area contributed by atoms with Gasteiger partial charge in [-0.1, -0.05) is 23.5 Å². The molecule has 0 aliphatic carbocycles. The highest BCUT2D eigenvalue weighted by Crippen LogP contribution is 2.29. The Morgan fingerprint density at radius 1 is 1.17 bits per heavy atom. The van der Waals surface area contributed by atoms with Crippen LogP contribution < -0.4 is 4.90 Å². The first kappa shape index (κ1) is 14.1. The minimum atomic E-state index is -0.182. The van der Waals surface area contributed by atoms with Gasteiger partial charge in [0.15, 0.2) is 15.9 Å². The number of benzene rings is 1. The first-order chi connectivity index (χ1) is 11.2. The molecule has 0 N–H and O–H groups in total. The lowest BCUT2D eigenvalue weighted by Crippen LogP contribution is -2.26. The number of rotatable bonds is 3. The van der Waals surface area contributed by atoms with Crippen molar-refractivity contribution < 1.29 is 9.21 Å². The highest BCUT2D eigenvalue weighted by molar-refractivity contribution is 7.22. The van der Waals surface area contributed by atoms with Crippen LogP contribution in [-0.4, -0.2) is 22.9 Å². The Hall–Kier alpha value is -2.51. The van der Waals surface area contributed by atoms with Gasteiger partial charge in [0.2, 0.25) is 0 Å². The molecule has 4 aromatic rings. The highest BCUT2D eigenvalue weighted by Gasteiger charge is 2.20. The van der Waals surface area contributed by atoms with Gasteiger partial charge in [0.05, 0.1) is 16.5 Å². The van der Waals surface area contributed by atoms with Crippen molar-refractivity contribution in [2.75, 3.05) is 11.9 Å². The minimum Gasteiger partial charge on any atom is -0.462 e. The Labute approximate surface area is 139 Å². The van der Waals surface area contributed by atoms with Gasteiger partial charge in [-0.25, -0.2) is 9.97 Å². The Balaban J connectivity index is 1.63. The van der Waals surface area contributed by atoms with E-state index in [1.165, 1.54) is 27.6 Å². The largest absolute Gasteiger partial charge is 0.462 e. The summed E-state index contributed by atoms with van der Waals surface area (Å²) in [6.45, 7) is 0. The number of thiazole rings is 2. The van der Waals surface area contributed by atoms with Gasteiger partial charge in [0.25, 0.3) is 5.91 Å². The van der Waals surface area contributed by atoms with Crippen molar-refractivity contribution >= 4 is 43.9 Å². The minimum absolute atomic E-state index is 0.182. The smallest absolute Gasteiger partial charge is 0.279 e. The highest BCUT2D eigenvalue weighted by atomic mass is 32.1. The Morgan fingerprint density at radius 3 is 2.83 bits per heavy atom. The number of furan rings is 1. The van der Waals surface area contributed by atoms with Crippen molar-refractivity contribution in [3.8, 4) is 10.8 Å². The average Bonchev–Trinajstić information content (AvgIpc) is 3.32. The molecule has 5 nitrogen and oxygen atoms in total. The van der Waals surface area contributed by atoms with Crippen molar-refractivity contribution in [1.29, 1.82) is 0 Å². The predicted octanol–water partition coefficient (Wildman–Crippen LogP) is 4.29. The van der Waals surface area contributed by atoms with Gasteiger partial charge in [0.1, 0.15) is 5.69 Å². The third kappa shape index (κ3) is 2.54. The van der Waals surface area contributed by atoms with Crippen LogP contribution in [0, 0.1) is 0 Å². The standard InChI is InChI=1S/C16H11N3O2S2/c1-19(16-18-10-5-2-3-7-13(10)23-16)15(20)11-9-22-14(17-11)12-6-4-8-21-12/h2-9H,1H3. The summed E-state index contributed by atoms with van der Waals surface area (Å²) >= 11 is 2.87. The quantitative estimate of drug-likeness (QED) is 0.558. The summed E-state index contributed by atoms with van der Waals surface area (Å²) in [5.74, 6) is 0.481. The summed E-state index contributed by atoms with van der Waals surface area (Å²) in [6.07, 6.45) is 1.59. The van der Waals surface area contributed by atoms with Crippen molar-refractivity contribution in [2.24, 2.45) is 0 Å². The topological polar surface area (TPSA) is 59.2 Å². The Morgan fingerprint density at radius 2 is 2.04 bits per heavy atom. The molecule has 1 amide bonds. The molecule has 7 heteroatoms. The van der Waals surface area contributed by atoms with E-state index in [1.807, 2.05) is 30.3 Å². The fourth-order valence-electron chi connectivity index (χ4n) is 2.15. The predicted molar refractivity (Wildman–Crippen MR) is 92.2 cm³/mol. The van der Waals surface area contributed by atoms with E-state index in [0.29, 0.717) is 21.6 Å². The van der Waals surface area contributed by atoms with E-state index in [0.717, 1.165) is 10.2 Å². The van der Waals surface area contributed by atoms with Gasteiger partial charge < -0.3 is 4.42 Å². The molecule has 0 saturated heterocycles. The molecule has 0 bridgehead atoms. The zero-order valence-electron chi connectivity index (χ0n) is 12.1. The number of amides is 1. The third-order valence-corrected chi connectivity index (χ3v) is 5.30. The molecule has 0 radical (unpaired) electrons. The summed E-state index contributed by atoms with van der Waals surface area (Å²) in [4.78, 5) is 23.0. The van der Waals surface area contributed by atoms with Gasteiger partial charge >= 0.3 is 0 Å². The molecule has 0 unspecified atom stereocenters. The van der Waals surface area contributed by atoms with Crippen LogP contribution in [0.15, 0.2) is 52.5 Å². The van der Waals surface area contributed by atoms with Crippen molar-refractivity contribution in [1.82, 2.24) is 9.97 Å². The van der Waals surface area contributed by atoms with E-state index in [4.69, 9.17) is 4.42 Å². The van der Waals surface area contributed by atoms with Crippen LogP contribution in [0.2, 0.25) is 0 Å². The van der Waals surface area contributed by atoms with Crippen molar-refractivity contribution in [2.45, 2.75) is 0 Å². The van der Waals surface area contributed by atoms with Gasteiger partial charge in [-0.05, 0) is 24.3 Å². The SMILES string of the molecule is CN(C(=O)c1csc(-c2ccco2)n1)c1nc2ccccc2s1. The number of hydrogen-bond donors (Lipinski definition) is 0. The Bertz CT molecular complexity index is 939. The van der Waals surface area contributed by atoms with Gasteiger partial charge in [-0.15, -0.1) is 11.3 Å². The maximum Gasteiger partial charge on any atom is 0.279 e. The number of anilines is 1. The van der Waals surface area contributed by atoms with Crippen LogP contribution in [0.1, 0.15) is 10.5 Å². The monoisotopic (exact) mass is 341 g/mol. The number of carbonyl (C=O) groups excluding carboxylic acids is 1. The molecular formula is C16H11N3O2S2. The summed E-state index contributed by atoms with van der Waals surface area (Å²) < 4.78 is 6.36. The molecule has 0 atom stereocenters. The second-order valence-corrected chi connectivity index (χ2v) is 6.71. The maximum atomic E-state index is 12.6. The van der Waals surface area contributed by atoms with E-state index >= 15 is 0 Å². The van der Waals surface area contributed by atoms with E-state index in [9.17, 15) is 4.79 Å². The molecule has 3 heterocycles. The summed E-state index contributed by atoms with van der Waals surface area (Å²) in [6, 6.07) is 11.4. The fraction of sp³-hybridized carbons (Fsp3) is 0.0625. The van der Waals surface area contributed by atoms with E-state index in [-0.39, 0.29) is 5.91 Å². The molecule has 0 saturated carbocycles. The van der Waals surface area contributed by atoms with E-state index in [2.05, 4.69) is 9.97 Å².